The molecule has 0 bridgehead atoms. The van der Waals surface area contributed by atoms with E-state index in [-0.39, 0.29) is 0 Å². The second-order valence-electron chi connectivity index (χ2n) is 7.55. The summed E-state index contributed by atoms with van der Waals surface area (Å²) < 4.78 is 16.0. The van der Waals surface area contributed by atoms with Gasteiger partial charge in [-0.3, -0.25) is 4.99 Å². The number of amides is 1. The molecule has 0 aliphatic heterocycles. The average molecular weight is 409 g/mol. The van der Waals surface area contributed by atoms with E-state index in [0.717, 1.165) is 29.6 Å². The van der Waals surface area contributed by atoms with Crippen molar-refractivity contribution < 1.29 is 19.0 Å². The molecule has 1 aromatic carbocycles. The Kier molecular flexibility index (Phi) is 10.1. The van der Waals surface area contributed by atoms with E-state index >= 15 is 0 Å². The van der Waals surface area contributed by atoms with Gasteiger partial charge in [0.1, 0.15) is 17.1 Å². The van der Waals surface area contributed by atoms with E-state index in [2.05, 4.69) is 15.6 Å². The highest BCUT2D eigenvalue weighted by Gasteiger charge is 2.15. The predicted octanol–water partition coefficient (Wildman–Crippen LogP) is 3.02. The van der Waals surface area contributed by atoms with Crippen molar-refractivity contribution in [2.24, 2.45) is 4.99 Å². The van der Waals surface area contributed by atoms with Gasteiger partial charge in [-0.1, -0.05) is 0 Å². The molecule has 8 nitrogen and oxygen atoms in total. The average Bonchev–Trinajstić information content (AvgIpc) is 2.65. The summed E-state index contributed by atoms with van der Waals surface area (Å²) >= 11 is 0. The van der Waals surface area contributed by atoms with Gasteiger partial charge in [-0.15, -0.1) is 0 Å². The van der Waals surface area contributed by atoms with Gasteiger partial charge in [0.15, 0.2) is 5.96 Å². The van der Waals surface area contributed by atoms with Crippen LogP contribution < -0.4 is 20.1 Å². The molecule has 29 heavy (non-hydrogen) atoms. The molecule has 0 atom stereocenters. The van der Waals surface area contributed by atoms with Gasteiger partial charge in [0, 0.05) is 44.9 Å². The lowest BCUT2D eigenvalue weighted by atomic mass is 10.2. The van der Waals surface area contributed by atoms with Crippen LogP contribution in [0.1, 0.15) is 39.7 Å². The molecule has 0 aliphatic rings. The maximum absolute atomic E-state index is 11.7. The number of aliphatic imine (C=N–C) groups is 1. The van der Waals surface area contributed by atoms with E-state index in [4.69, 9.17) is 14.2 Å². The molecule has 0 unspecified atom stereocenters. The van der Waals surface area contributed by atoms with Crippen LogP contribution in [0.25, 0.3) is 0 Å². The molecular weight excluding hydrogens is 372 g/mol. The van der Waals surface area contributed by atoms with Crippen LogP contribution in [0.3, 0.4) is 0 Å². The number of benzene rings is 1. The molecule has 8 heteroatoms. The van der Waals surface area contributed by atoms with Crippen LogP contribution in [-0.2, 0) is 11.3 Å². The fourth-order valence-electron chi connectivity index (χ4n) is 2.55. The van der Waals surface area contributed by atoms with Crippen LogP contribution in [0.5, 0.6) is 11.5 Å². The minimum atomic E-state index is -0.494. The first kappa shape index (κ1) is 24.4. The Balaban J connectivity index is 2.61. The Hall–Kier alpha value is -2.64. The Morgan fingerprint density at radius 3 is 2.48 bits per heavy atom. The molecule has 0 saturated heterocycles. The highest BCUT2D eigenvalue weighted by Crippen LogP contribution is 2.25. The Bertz CT molecular complexity index is 671. The van der Waals surface area contributed by atoms with E-state index < -0.39 is 11.7 Å². The fraction of sp³-hybridized carbons (Fsp3) is 0.619. The number of rotatable bonds is 9. The third-order valence-corrected chi connectivity index (χ3v) is 3.86. The van der Waals surface area contributed by atoms with Crippen LogP contribution in [0, 0.1) is 0 Å². The minimum absolute atomic E-state index is 0.405. The fourth-order valence-corrected chi connectivity index (χ4v) is 2.55. The zero-order chi connectivity index (χ0) is 21.9. The third-order valence-electron chi connectivity index (χ3n) is 3.86. The number of methoxy groups -OCH3 is 2. The van der Waals surface area contributed by atoms with E-state index in [0.29, 0.717) is 26.1 Å². The van der Waals surface area contributed by atoms with Crippen molar-refractivity contribution >= 4 is 12.1 Å². The Morgan fingerprint density at radius 1 is 1.17 bits per heavy atom. The van der Waals surface area contributed by atoms with Crippen LogP contribution >= 0.6 is 0 Å². The first-order chi connectivity index (χ1) is 13.7. The van der Waals surface area contributed by atoms with Crippen LogP contribution in [0.2, 0.25) is 0 Å². The molecule has 1 rings (SSSR count). The summed E-state index contributed by atoms with van der Waals surface area (Å²) in [6, 6.07) is 5.77. The summed E-state index contributed by atoms with van der Waals surface area (Å²) in [6.07, 6.45) is 0.311. The summed E-state index contributed by atoms with van der Waals surface area (Å²) in [4.78, 5) is 18.3. The number of ether oxygens (including phenoxy) is 3. The number of carbonyl (C=O) groups excluding carboxylic acids is 1. The van der Waals surface area contributed by atoms with Gasteiger partial charge >= 0.3 is 6.09 Å². The van der Waals surface area contributed by atoms with Gasteiger partial charge in [-0.25, -0.2) is 4.79 Å². The molecule has 0 fully saturated rings. The normalized spacial score (nSPS) is 11.6. The largest absolute Gasteiger partial charge is 0.497 e. The van der Waals surface area contributed by atoms with E-state index in [9.17, 15) is 4.79 Å². The SMILES string of the molecule is CCNC(=NCCCNC(=O)OC(C)(C)C)N(C)Cc1ccc(OC)cc1OC. The topological polar surface area (TPSA) is 84.4 Å². The van der Waals surface area contributed by atoms with Crippen molar-refractivity contribution in [3.8, 4) is 11.5 Å². The number of nitrogens with one attached hydrogen (secondary N) is 2. The molecule has 2 N–H and O–H groups in total. The van der Waals surface area contributed by atoms with Gasteiger partial charge < -0.3 is 29.7 Å². The molecule has 164 valence electrons. The van der Waals surface area contributed by atoms with Gasteiger partial charge in [-0.2, -0.15) is 0 Å². The molecule has 0 aromatic heterocycles. The first-order valence-electron chi connectivity index (χ1n) is 9.87. The van der Waals surface area contributed by atoms with Crippen molar-refractivity contribution in [2.45, 2.75) is 46.3 Å². The number of nitrogens with zero attached hydrogens (tertiary/aromatic N) is 2. The van der Waals surface area contributed by atoms with Gasteiger partial charge in [0.2, 0.25) is 0 Å². The molecule has 0 spiro atoms. The zero-order valence-electron chi connectivity index (χ0n) is 18.8. The van der Waals surface area contributed by atoms with E-state index in [1.54, 1.807) is 14.2 Å². The number of carbonyl (C=O) groups is 1. The molecule has 0 saturated carbocycles. The van der Waals surface area contributed by atoms with Crippen molar-refractivity contribution in [2.75, 3.05) is 40.9 Å². The van der Waals surface area contributed by atoms with Crippen LogP contribution in [0.15, 0.2) is 23.2 Å². The summed E-state index contributed by atoms with van der Waals surface area (Å²) in [5, 5.41) is 6.04. The van der Waals surface area contributed by atoms with Crippen molar-refractivity contribution in [1.29, 1.82) is 0 Å². The monoisotopic (exact) mass is 408 g/mol. The summed E-state index contributed by atoms with van der Waals surface area (Å²) in [6.45, 7) is 10.0. The summed E-state index contributed by atoms with van der Waals surface area (Å²) in [7, 11) is 5.26. The molecule has 1 amide bonds. The number of guanidine groups is 1. The molecular formula is C21H36N4O4. The molecule has 0 aliphatic carbocycles. The lowest BCUT2D eigenvalue weighted by molar-refractivity contribution is 0.0527. The van der Waals surface area contributed by atoms with Gasteiger partial charge in [0.25, 0.3) is 0 Å². The number of alkyl carbamates (subject to hydrolysis) is 1. The second-order valence-corrected chi connectivity index (χ2v) is 7.55. The van der Waals surface area contributed by atoms with Crippen LogP contribution in [-0.4, -0.2) is 63.5 Å². The molecule has 1 aromatic rings. The maximum atomic E-state index is 11.7. The molecule has 0 heterocycles. The highest BCUT2D eigenvalue weighted by molar-refractivity contribution is 5.79. The Morgan fingerprint density at radius 2 is 1.90 bits per heavy atom. The number of hydrogen-bond donors (Lipinski definition) is 2. The summed E-state index contributed by atoms with van der Waals surface area (Å²) in [5.41, 5.74) is 0.541. The standard InChI is InChI=1S/C21H36N4O4/c1-8-22-19(23-12-9-13-24-20(26)29-21(2,3)4)25(5)15-16-10-11-17(27-6)14-18(16)28-7/h10-11,14H,8-9,12-13,15H2,1-7H3,(H,22,23)(H,24,26). The molecule has 0 radical (unpaired) electrons. The van der Waals surface area contributed by atoms with E-state index in [1.165, 1.54) is 0 Å². The lowest BCUT2D eigenvalue weighted by Gasteiger charge is -2.23. The van der Waals surface area contributed by atoms with Crippen molar-refractivity contribution in [3.63, 3.8) is 0 Å². The lowest BCUT2D eigenvalue weighted by Crippen LogP contribution is -2.38. The summed E-state index contributed by atoms with van der Waals surface area (Å²) in [5.74, 6) is 2.32. The Labute approximate surface area is 174 Å². The zero-order valence-corrected chi connectivity index (χ0v) is 18.8. The van der Waals surface area contributed by atoms with Gasteiger partial charge in [-0.05, 0) is 46.2 Å². The first-order valence-corrected chi connectivity index (χ1v) is 9.87. The smallest absolute Gasteiger partial charge is 0.407 e. The van der Waals surface area contributed by atoms with Crippen molar-refractivity contribution in [1.82, 2.24) is 15.5 Å². The second kappa shape index (κ2) is 12.0. The van der Waals surface area contributed by atoms with Crippen molar-refractivity contribution in [3.05, 3.63) is 23.8 Å². The maximum Gasteiger partial charge on any atom is 0.407 e. The number of hydrogen-bond acceptors (Lipinski definition) is 5. The minimum Gasteiger partial charge on any atom is -0.497 e. The predicted molar refractivity (Wildman–Crippen MR) is 116 cm³/mol. The highest BCUT2D eigenvalue weighted by atomic mass is 16.6. The van der Waals surface area contributed by atoms with E-state index in [1.807, 2.05) is 57.8 Å². The van der Waals surface area contributed by atoms with Gasteiger partial charge in [0.05, 0.1) is 14.2 Å². The third kappa shape index (κ3) is 9.40. The van der Waals surface area contributed by atoms with Crippen LogP contribution in [0.4, 0.5) is 4.79 Å². The quantitative estimate of drug-likeness (QED) is 0.371.